The second kappa shape index (κ2) is 7.37. The summed E-state index contributed by atoms with van der Waals surface area (Å²) in [6.07, 6.45) is 2.62. The summed E-state index contributed by atoms with van der Waals surface area (Å²) >= 11 is 2.11. The zero-order valence-corrected chi connectivity index (χ0v) is 15.0. The van der Waals surface area contributed by atoms with Crippen LogP contribution in [0, 0.1) is 5.92 Å². The largest absolute Gasteiger partial charge is 0.317 e. The third-order valence-corrected chi connectivity index (χ3v) is 6.57. The van der Waals surface area contributed by atoms with Crippen molar-refractivity contribution in [3.8, 4) is 0 Å². The molecule has 1 fully saturated rings. The van der Waals surface area contributed by atoms with Gasteiger partial charge in [-0.2, -0.15) is 0 Å². The highest BCUT2D eigenvalue weighted by atomic mass is 32.2. The Morgan fingerprint density at radius 3 is 2.64 bits per heavy atom. The maximum Gasteiger partial charge on any atom is 0.0288 e. The van der Waals surface area contributed by atoms with Gasteiger partial charge in [0, 0.05) is 29.3 Å². The van der Waals surface area contributed by atoms with Crippen molar-refractivity contribution in [2.45, 2.75) is 55.7 Å². The average Bonchev–Trinajstić information content (AvgIpc) is 2.84. The molecule has 3 heteroatoms. The van der Waals surface area contributed by atoms with E-state index in [1.165, 1.54) is 43.9 Å². The molecule has 2 atom stereocenters. The first kappa shape index (κ1) is 16.4. The van der Waals surface area contributed by atoms with Gasteiger partial charge in [0.15, 0.2) is 0 Å². The highest BCUT2D eigenvalue weighted by Crippen LogP contribution is 2.45. The molecule has 2 unspecified atom stereocenters. The topological polar surface area (TPSA) is 15.3 Å². The number of hydrogen-bond acceptors (Lipinski definition) is 3. The SMILES string of the molecule is CC(C)CN(CC1Sc2ccccc2C1C)C1CCNCC1. The van der Waals surface area contributed by atoms with Crippen LogP contribution in [0.3, 0.4) is 0 Å². The van der Waals surface area contributed by atoms with Crippen LogP contribution in [0.4, 0.5) is 0 Å². The Morgan fingerprint density at radius 1 is 1.23 bits per heavy atom. The summed E-state index contributed by atoms with van der Waals surface area (Å²) in [6, 6.07) is 9.77. The first-order valence-electron chi connectivity index (χ1n) is 8.85. The molecule has 122 valence electrons. The molecule has 0 radical (unpaired) electrons. The minimum atomic E-state index is 0.678. The maximum atomic E-state index is 3.51. The molecule has 0 saturated carbocycles. The molecular weight excluding hydrogens is 288 g/mol. The molecule has 1 saturated heterocycles. The molecule has 0 aliphatic carbocycles. The predicted molar refractivity (Wildman–Crippen MR) is 96.8 cm³/mol. The molecule has 1 aromatic rings. The number of thioether (sulfide) groups is 1. The molecule has 2 nitrogen and oxygen atoms in total. The summed E-state index contributed by atoms with van der Waals surface area (Å²) in [6.45, 7) is 12.0. The van der Waals surface area contributed by atoms with E-state index in [9.17, 15) is 0 Å². The number of piperidine rings is 1. The monoisotopic (exact) mass is 318 g/mol. The van der Waals surface area contributed by atoms with Crippen LogP contribution in [0.25, 0.3) is 0 Å². The van der Waals surface area contributed by atoms with E-state index < -0.39 is 0 Å². The predicted octanol–water partition coefficient (Wildman–Crippen LogP) is 3.97. The summed E-state index contributed by atoms with van der Waals surface area (Å²) in [5.74, 6) is 1.43. The van der Waals surface area contributed by atoms with Crippen LogP contribution < -0.4 is 5.32 Å². The van der Waals surface area contributed by atoms with Gasteiger partial charge >= 0.3 is 0 Å². The molecule has 3 rings (SSSR count). The zero-order chi connectivity index (χ0) is 15.5. The number of nitrogens with one attached hydrogen (secondary N) is 1. The Bertz CT molecular complexity index is 482. The molecule has 0 spiro atoms. The van der Waals surface area contributed by atoms with Crippen molar-refractivity contribution in [2.75, 3.05) is 26.2 Å². The first-order valence-corrected chi connectivity index (χ1v) is 9.73. The highest BCUT2D eigenvalue weighted by Gasteiger charge is 2.33. The van der Waals surface area contributed by atoms with Gasteiger partial charge in [-0.1, -0.05) is 39.0 Å². The van der Waals surface area contributed by atoms with Crippen LogP contribution >= 0.6 is 11.8 Å². The molecule has 1 N–H and O–H groups in total. The molecular formula is C19H30N2S. The molecule has 2 heterocycles. The van der Waals surface area contributed by atoms with E-state index in [2.05, 4.69) is 67.0 Å². The first-order chi connectivity index (χ1) is 10.6. The molecule has 0 aromatic heterocycles. The average molecular weight is 319 g/mol. The van der Waals surface area contributed by atoms with E-state index in [4.69, 9.17) is 0 Å². The van der Waals surface area contributed by atoms with Crippen molar-refractivity contribution in [2.24, 2.45) is 5.92 Å². The van der Waals surface area contributed by atoms with Gasteiger partial charge in [-0.15, -0.1) is 11.8 Å². The van der Waals surface area contributed by atoms with Gasteiger partial charge in [-0.05, 0) is 49.4 Å². The van der Waals surface area contributed by atoms with Crippen molar-refractivity contribution >= 4 is 11.8 Å². The number of fused-ring (bicyclic) bond motifs is 1. The highest BCUT2D eigenvalue weighted by molar-refractivity contribution is 8.00. The lowest BCUT2D eigenvalue weighted by Gasteiger charge is -2.37. The van der Waals surface area contributed by atoms with Gasteiger partial charge in [0.2, 0.25) is 0 Å². The smallest absolute Gasteiger partial charge is 0.0288 e. The Balaban J connectivity index is 1.68. The Morgan fingerprint density at radius 2 is 1.95 bits per heavy atom. The lowest BCUT2D eigenvalue weighted by molar-refractivity contribution is 0.144. The maximum absolute atomic E-state index is 3.51. The number of benzene rings is 1. The molecule has 0 amide bonds. The number of rotatable bonds is 5. The Hall–Kier alpha value is -0.510. The second-order valence-corrected chi connectivity index (χ2v) is 8.59. The minimum absolute atomic E-state index is 0.678. The van der Waals surface area contributed by atoms with Crippen molar-refractivity contribution in [3.05, 3.63) is 29.8 Å². The molecule has 2 aliphatic rings. The fourth-order valence-corrected chi connectivity index (χ4v) is 5.36. The molecule has 1 aromatic carbocycles. The molecule has 2 aliphatic heterocycles. The van der Waals surface area contributed by atoms with Crippen LogP contribution in [-0.4, -0.2) is 42.4 Å². The number of hydrogen-bond donors (Lipinski definition) is 1. The van der Waals surface area contributed by atoms with E-state index in [-0.39, 0.29) is 0 Å². The van der Waals surface area contributed by atoms with E-state index in [1.807, 2.05) is 0 Å². The third kappa shape index (κ3) is 3.69. The van der Waals surface area contributed by atoms with Crippen molar-refractivity contribution < 1.29 is 0 Å². The standard InChI is InChI=1S/C19H30N2S/c1-14(2)12-21(16-8-10-20-11-9-16)13-19-15(3)17-6-4-5-7-18(17)22-19/h4-7,14-16,19-20H,8-13H2,1-3H3. The third-order valence-electron chi connectivity index (χ3n) is 5.08. The fraction of sp³-hybridized carbons (Fsp3) is 0.684. The molecule has 22 heavy (non-hydrogen) atoms. The summed E-state index contributed by atoms with van der Waals surface area (Å²) < 4.78 is 0. The number of nitrogens with zero attached hydrogens (tertiary/aromatic N) is 1. The van der Waals surface area contributed by atoms with Crippen molar-refractivity contribution in [3.63, 3.8) is 0 Å². The van der Waals surface area contributed by atoms with E-state index in [0.29, 0.717) is 11.2 Å². The van der Waals surface area contributed by atoms with Crippen molar-refractivity contribution in [1.82, 2.24) is 10.2 Å². The fourth-order valence-electron chi connectivity index (χ4n) is 3.87. The van der Waals surface area contributed by atoms with Gasteiger partial charge in [-0.25, -0.2) is 0 Å². The van der Waals surface area contributed by atoms with E-state index in [0.717, 1.165) is 12.0 Å². The van der Waals surface area contributed by atoms with Crippen LogP contribution in [-0.2, 0) is 0 Å². The summed E-state index contributed by atoms with van der Waals surface area (Å²) in [5, 5.41) is 4.22. The quantitative estimate of drug-likeness (QED) is 0.884. The normalized spacial score (nSPS) is 25.9. The van der Waals surface area contributed by atoms with Crippen LogP contribution in [0.5, 0.6) is 0 Å². The summed E-state index contributed by atoms with van der Waals surface area (Å²) in [7, 11) is 0. The second-order valence-electron chi connectivity index (χ2n) is 7.31. The summed E-state index contributed by atoms with van der Waals surface area (Å²) in [4.78, 5) is 4.31. The lowest BCUT2D eigenvalue weighted by atomic mass is 9.96. The Kier molecular flexibility index (Phi) is 5.48. The van der Waals surface area contributed by atoms with Gasteiger partial charge in [0.05, 0.1) is 0 Å². The van der Waals surface area contributed by atoms with Gasteiger partial charge in [0.1, 0.15) is 0 Å². The van der Waals surface area contributed by atoms with Gasteiger partial charge in [0.25, 0.3) is 0 Å². The van der Waals surface area contributed by atoms with Gasteiger partial charge < -0.3 is 5.32 Å². The van der Waals surface area contributed by atoms with E-state index in [1.54, 1.807) is 5.56 Å². The van der Waals surface area contributed by atoms with Crippen molar-refractivity contribution in [1.29, 1.82) is 0 Å². The van der Waals surface area contributed by atoms with E-state index >= 15 is 0 Å². The minimum Gasteiger partial charge on any atom is -0.317 e. The van der Waals surface area contributed by atoms with Gasteiger partial charge in [-0.3, -0.25) is 4.90 Å². The summed E-state index contributed by atoms with van der Waals surface area (Å²) in [5.41, 5.74) is 1.56. The van der Waals surface area contributed by atoms with Crippen LogP contribution in [0.15, 0.2) is 29.2 Å². The zero-order valence-electron chi connectivity index (χ0n) is 14.2. The Labute approximate surface area is 140 Å². The lowest BCUT2D eigenvalue weighted by Crippen LogP contribution is -2.47. The van der Waals surface area contributed by atoms with Crippen LogP contribution in [0.2, 0.25) is 0 Å². The van der Waals surface area contributed by atoms with Crippen LogP contribution in [0.1, 0.15) is 45.1 Å². The molecule has 0 bridgehead atoms.